The molecule has 1 aromatic carbocycles. The van der Waals surface area contributed by atoms with Crippen LogP contribution in [0.1, 0.15) is 55.6 Å². The Balaban J connectivity index is 1.33. The molecule has 4 aromatic rings. The molecule has 0 atom stereocenters. The van der Waals surface area contributed by atoms with Gasteiger partial charge in [-0.3, -0.25) is 14.0 Å². The Hall–Kier alpha value is -3.04. The predicted octanol–water partition coefficient (Wildman–Crippen LogP) is 4.79. The van der Waals surface area contributed by atoms with E-state index in [0.717, 1.165) is 33.3 Å². The summed E-state index contributed by atoms with van der Waals surface area (Å²) in [5, 5.41) is 5.77. The lowest BCUT2D eigenvalue weighted by Gasteiger charge is -2.22. The molecule has 5 rings (SSSR count). The molecule has 1 aliphatic rings. The molecule has 34 heavy (non-hydrogen) atoms. The maximum atomic E-state index is 13.6. The molecule has 1 aliphatic carbocycles. The van der Waals surface area contributed by atoms with Crippen molar-refractivity contribution in [2.24, 2.45) is 0 Å². The van der Waals surface area contributed by atoms with Crippen molar-refractivity contribution in [3.63, 3.8) is 0 Å². The number of carbonyl (C=O) groups excluding carboxylic acids is 2. The summed E-state index contributed by atoms with van der Waals surface area (Å²) < 4.78 is 1.81. The summed E-state index contributed by atoms with van der Waals surface area (Å²) in [6, 6.07) is 6.48. The van der Waals surface area contributed by atoms with Gasteiger partial charge in [0.1, 0.15) is 11.4 Å². The van der Waals surface area contributed by atoms with Gasteiger partial charge in [-0.05, 0) is 57.2 Å². The molecule has 176 valence electrons. The van der Waals surface area contributed by atoms with E-state index in [1.165, 1.54) is 22.5 Å². The Kier molecular flexibility index (Phi) is 5.99. The number of imidazole rings is 1. The quantitative estimate of drug-likeness (QED) is 0.402. The molecule has 0 aliphatic heterocycles. The number of aryl methyl sites for hydroxylation is 4. The Labute approximate surface area is 206 Å². The van der Waals surface area contributed by atoms with E-state index in [1.807, 2.05) is 34.7 Å². The molecule has 2 amide bonds. The minimum Gasteiger partial charge on any atom is -0.349 e. The van der Waals surface area contributed by atoms with Crippen molar-refractivity contribution in [3.8, 4) is 10.4 Å². The molecule has 3 aromatic heterocycles. The average molecular weight is 494 g/mol. The van der Waals surface area contributed by atoms with Crippen LogP contribution in [0.15, 0.2) is 29.8 Å². The van der Waals surface area contributed by atoms with Crippen molar-refractivity contribution < 1.29 is 9.59 Å². The Morgan fingerprint density at radius 2 is 1.94 bits per heavy atom. The molecular formula is C25H27N5O2S2. The fraction of sp³-hybridized carbons (Fsp3) is 0.360. The van der Waals surface area contributed by atoms with Gasteiger partial charge in [0, 0.05) is 30.7 Å². The topological polar surface area (TPSA) is 79.6 Å². The summed E-state index contributed by atoms with van der Waals surface area (Å²) in [6.07, 6.45) is 3.83. The number of nitrogens with zero attached hydrogens (tertiary/aromatic N) is 4. The minimum atomic E-state index is -0.174. The number of benzene rings is 1. The van der Waals surface area contributed by atoms with E-state index in [2.05, 4.69) is 47.3 Å². The van der Waals surface area contributed by atoms with Gasteiger partial charge in [-0.25, -0.2) is 9.97 Å². The van der Waals surface area contributed by atoms with Gasteiger partial charge in [0.25, 0.3) is 11.8 Å². The Bertz CT molecular complexity index is 1400. The highest BCUT2D eigenvalue weighted by molar-refractivity contribution is 7.15. The van der Waals surface area contributed by atoms with Crippen molar-refractivity contribution in [2.75, 3.05) is 13.1 Å². The van der Waals surface area contributed by atoms with Crippen LogP contribution >= 0.6 is 22.7 Å². The molecule has 1 fully saturated rings. The number of amides is 2. The lowest BCUT2D eigenvalue weighted by molar-refractivity contribution is 0.0731. The van der Waals surface area contributed by atoms with Crippen LogP contribution in [-0.2, 0) is 0 Å². The zero-order valence-electron chi connectivity index (χ0n) is 19.7. The molecule has 0 saturated heterocycles. The number of carbonyl (C=O) groups is 2. The van der Waals surface area contributed by atoms with Crippen molar-refractivity contribution in [2.45, 2.75) is 46.6 Å². The van der Waals surface area contributed by atoms with Crippen LogP contribution in [0.5, 0.6) is 0 Å². The van der Waals surface area contributed by atoms with Crippen LogP contribution in [0.4, 0.5) is 0 Å². The summed E-state index contributed by atoms with van der Waals surface area (Å²) in [6.45, 7) is 8.77. The van der Waals surface area contributed by atoms with Crippen molar-refractivity contribution in [3.05, 3.63) is 63.0 Å². The maximum absolute atomic E-state index is 13.6. The zero-order valence-corrected chi connectivity index (χ0v) is 21.3. The first-order valence-corrected chi connectivity index (χ1v) is 13.1. The highest BCUT2D eigenvalue weighted by Crippen LogP contribution is 2.34. The van der Waals surface area contributed by atoms with Gasteiger partial charge in [0.15, 0.2) is 4.96 Å². The fourth-order valence-electron chi connectivity index (χ4n) is 4.16. The van der Waals surface area contributed by atoms with E-state index >= 15 is 0 Å². The van der Waals surface area contributed by atoms with E-state index in [1.54, 1.807) is 11.3 Å². The van der Waals surface area contributed by atoms with Gasteiger partial charge in [-0.2, -0.15) is 0 Å². The second-order valence-corrected chi connectivity index (χ2v) is 10.9. The lowest BCUT2D eigenvalue weighted by Crippen LogP contribution is -2.40. The van der Waals surface area contributed by atoms with Crippen LogP contribution in [0.3, 0.4) is 0 Å². The molecule has 3 heterocycles. The first kappa shape index (κ1) is 22.7. The number of aromatic nitrogens is 3. The van der Waals surface area contributed by atoms with Crippen LogP contribution in [0.2, 0.25) is 0 Å². The van der Waals surface area contributed by atoms with Gasteiger partial charge in [-0.1, -0.05) is 18.2 Å². The van der Waals surface area contributed by atoms with Gasteiger partial charge in [0.05, 0.1) is 15.6 Å². The summed E-state index contributed by atoms with van der Waals surface area (Å²) in [4.78, 5) is 39.2. The molecular weight excluding hydrogens is 466 g/mol. The third-order valence-electron chi connectivity index (χ3n) is 6.24. The molecule has 0 unspecified atom stereocenters. The summed E-state index contributed by atoms with van der Waals surface area (Å²) >= 11 is 3.05. The van der Waals surface area contributed by atoms with Crippen LogP contribution in [-0.4, -0.2) is 50.2 Å². The molecule has 1 saturated carbocycles. The van der Waals surface area contributed by atoms with Crippen LogP contribution in [0, 0.1) is 27.7 Å². The molecule has 0 radical (unpaired) electrons. The number of hydrogen-bond acceptors (Lipinski definition) is 6. The smallest absolute Gasteiger partial charge is 0.274 e. The number of thiazole rings is 2. The van der Waals surface area contributed by atoms with Gasteiger partial charge < -0.3 is 10.2 Å². The van der Waals surface area contributed by atoms with Crippen molar-refractivity contribution >= 4 is 39.4 Å². The van der Waals surface area contributed by atoms with Gasteiger partial charge >= 0.3 is 0 Å². The Morgan fingerprint density at radius 3 is 2.68 bits per heavy atom. The molecule has 7 nitrogen and oxygen atoms in total. The van der Waals surface area contributed by atoms with Crippen molar-refractivity contribution in [1.82, 2.24) is 24.6 Å². The maximum Gasteiger partial charge on any atom is 0.274 e. The number of nitrogens with one attached hydrogen (secondary N) is 1. The second kappa shape index (κ2) is 8.96. The van der Waals surface area contributed by atoms with Crippen molar-refractivity contribution in [1.29, 1.82) is 0 Å². The lowest BCUT2D eigenvalue weighted by atomic mass is 10.0. The van der Waals surface area contributed by atoms with E-state index in [9.17, 15) is 9.59 Å². The fourth-order valence-corrected chi connectivity index (χ4v) is 5.83. The third-order valence-corrected chi connectivity index (χ3v) is 8.02. The monoisotopic (exact) mass is 493 g/mol. The van der Waals surface area contributed by atoms with Gasteiger partial charge in [0.2, 0.25) is 0 Å². The number of rotatable bonds is 7. The largest absolute Gasteiger partial charge is 0.349 e. The van der Waals surface area contributed by atoms with E-state index < -0.39 is 0 Å². The van der Waals surface area contributed by atoms with Crippen LogP contribution < -0.4 is 5.32 Å². The second-order valence-electron chi connectivity index (χ2n) is 8.80. The molecule has 0 bridgehead atoms. The molecule has 1 N–H and O–H groups in total. The number of hydrogen-bond donors (Lipinski definition) is 1. The average Bonchev–Trinajstić information content (AvgIpc) is 3.28. The van der Waals surface area contributed by atoms with E-state index in [-0.39, 0.29) is 17.9 Å². The summed E-state index contributed by atoms with van der Waals surface area (Å²) in [5.74, 6) is -0.234. The minimum absolute atomic E-state index is 0.0601. The molecule has 9 heteroatoms. The van der Waals surface area contributed by atoms with E-state index in [0.29, 0.717) is 30.2 Å². The normalized spacial score (nSPS) is 13.4. The summed E-state index contributed by atoms with van der Waals surface area (Å²) in [5.41, 5.74) is 5.20. The highest BCUT2D eigenvalue weighted by atomic mass is 32.1. The third kappa shape index (κ3) is 4.25. The highest BCUT2D eigenvalue weighted by Gasteiger charge is 2.35. The first-order chi connectivity index (χ1) is 16.3. The zero-order chi connectivity index (χ0) is 24.0. The molecule has 0 spiro atoms. The van der Waals surface area contributed by atoms with Crippen LogP contribution in [0.25, 0.3) is 15.4 Å². The Morgan fingerprint density at radius 1 is 1.15 bits per heavy atom. The van der Waals surface area contributed by atoms with E-state index in [4.69, 9.17) is 0 Å². The standard InChI is InChI=1S/C25H27N5O2S2/c1-14-5-6-18(13-15(14)2)22-20(28-17(4)34-22)24(32)29(19-7-8-19)10-9-26-23(31)21-16(3)27-25-30(21)11-12-33-25/h5-6,11-13,19H,7-10H2,1-4H3,(H,26,31). The first-order valence-electron chi connectivity index (χ1n) is 11.4. The number of fused-ring (bicyclic) bond motifs is 1. The SMILES string of the molecule is Cc1nc(C(=O)N(CCNC(=O)c2c(C)nc3sccn23)C2CC2)c(-c2ccc(C)c(C)c2)s1. The predicted molar refractivity (Wildman–Crippen MR) is 136 cm³/mol. The van der Waals surface area contributed by atoms with Gasteiger partial charge in [-0.15, -0.1) is 22.7 Å². The summed E-state index contributed by atoms with van der Waals surface area (Å²) in [7, 11) is 0.